The van der Waals surface area contributed by atoms with Crippen molar-refractivity contribution in [2.75, 3.05) is 12.8 Å². The molecule has 1 heterocycles. The van der Waals surface area contributed by atoms with Gasteiger partial charge < -0.3 is 15.3 Å². The molecule has 5 heteroatoms. The molecule has 1 saturated carbocycles. The summed E-state index contributed by atoms with van der Waals surface area (Å²) in [5.41, 5.74) is 10.8. The van der Waals surface area contributed by atoms with Crippen molar-refractivity contribution in [2.24, 2.45) is 11.3 Å². The number of anilines is 1. The number of nitrogen functional groups attached to an aromatic ring is 1. The van der Waals surface area contributed by atoms with Crippen LogP contribution in [0.5, 0.6) is 0 Å². The number of benzene rings is 1. The second kappa shape index (κ2) is 26.9. The summed E-state index contributed by atoms with van der Waals surface area (Å²) in [7, 11) is 1.71. The van der Waals surface area contributed by atoms with Crippen molar-refractivity contribution in [2.45, 2.75) is 142 Å². The van der Waals surface area contributed by atoms with Gasteiger partial charge in [0.15, 0.2) is 6.29 Å². The van der Waals surface area contributed by atoms with E-state index in [1.54, 1.807) is 18.4 Å². The lowest BCUT2D eigenvalue weighted by molar-refractivity contribution is -0.107. The standard InChI is InChI=1S/C15H17NOS.C7H14.C5H12O.C3H6O.3C2H6/c1-3-5-13-10(2)14(9-17)18-15(13)11-6-4-7-12(16)8-11;1-7(2,3)6-4-5-6;1-5(2,3)6-4;1-2-3-4;3*1-2/h4,6-9H,3,5,16H2,1-2H3;6H,4-5H2,1-3H3;1-4H3;3H,2H2,1H3;3*1-2H3. The predicted molar refractivity (Wildman–Crippen MR) is 188 cm³/mol. The molecule has 1 aromatic carbocycles. The number of carbonyl (C=O) groups is 2. The first kappa shape index (κ1) is 46.0. The fraction of sp³-hybridized carbons (Fsp3) is 0.667. The summed E-state index contributed by atoms with van der Waals surface area (Å²) in [6.07, 6.45) is 7.49. The molecule has 4 nitrogen and oxygen atoms in total. The van der Waals surface area contributed by atoms with Crippen LogP contribution in [0.15, 0.2) is 24.3 Å². The average molecular weight is 594 g/mol. The van der Waals surface area contributed by atoms with Crippen LogP contribution in [0.1, 0.15) is 143 Å². The van der Waals surface area contributed by atoms with Gasteiger partial charge in [0.25, 0.3) is 0 Å². The monoisotopic (exact) mass is 593 g/mol. The first-order chi connectivity index (χ1) is 19.2. The molecule has 0 bridgehead atoms. The van der Waals surface area contributed by atoms with Crippen LogP contribution in [0.25, 0.3) is 10.4 Å². The molecule has 0 saturated heterocycles. The van der Waals surface area contributed by atoms with Crippen LogP contribution in [0.2, 0.25) is 0 Å². The largest absolute Gasteiger partial charge is 0.399 e. The van der Waals surface area contributed by atoms with E-state index in [1.165, 1.54) is 23.3 Å². The molecule has 41 heavy (non-hydrogen) atoms. The normalized spacial score (nSPS) is 11.3. The van der Waals surface area contributed by atoms with E-state index in [2.05, 4.69) is 33.8 Å². The zero-order valence-electron chi connectivity index (χ0n) is 29.8. The number of hydrogen-bond donors (Lipinski definition) is 1. The van der Waals surface area contributed by atoms with E-state index >= 15 is 0 Å². The molecule has 1 fully saturated rings. The second-order valence-corrected chi connectivity index (χ2v) is 12.0. The number of carbonyl (C=O) groups excluding carboxylic acids is 2. The SMILES string of the molecule is CC.CC.CC.CC(C)(C)C1CC1.CCC=O.CCCc1c(-c2cccc(N)c2)sc(C=O)c1C.COC(C)(C)C. The van der Waals surface area contributed by atoms with E-state index in [0.29, 0.717) is 11.8 Å². The Bertz CT molecular complexity index is 885. The smallest absolute Gasteiger partial charge is 0.160 e. The molecule has 0 aliphatic heterocycles. The third-order valence-electron chi connectivity index (χ3n) is 5.65. The Hall–Kier alpha value is -1.98. The molecule has 0 radical (unpaired) electrons. The minimum Gasteiger partial charge on any atom is -0.399 e. The van der Waals surface area contributed by atoms with Crippen LogP contribution in [0.4, 0.5) is 5.69 Å². The van der Waals surface area contributed by atoms with Gasteiger partial charge in [0, 0.05) is 24.1 Å². The van der Waals surface area contributed by atoms with Crippen LogP contribution in [-0.2, 0) is 16.0 Å². The molecule has 0 amide bonds. The van der Waals surface area contributed by atoms with Gasteiger partial charge in [0.05, 0.1) is 10.5 Å². The van der Waals surface area contributed by atoms with Crippen molar-refractivity contribution in [1.29, 1.82) is 0 Å². The third-order valence-corrected chi connectivity index (χ3v) is 6.95. The highest BCUT2D eigenvalue weighted by atomic mass is 32.1. The topological polar surface area (TPSA) is 69.4 Å². The lowest BCUT2D eigenvalue weighted by atomic mass is 9.91. The van der Waals surface area contributed by atoms with Gasteiger partial charge in [-0.1, -0.05) is 94.7 Å². The molecule has 1 aliphatic carbocycles. The van der Waals surface area contributed by atoms with Crippen LogP contribution >= 0.6 is 11.3 Å². The maximum Gasteiger partial charge on any atom is 0.160 e. The molecule has 1 aliphatic rings. The summed E-state index contributed by atoms with van der Waals surface area (Å²) >= 11 is 1.56. The lowest BCUT2D eigenvalue weighted by Crippen LogP contribution is -2.15. The molecule has 240 valence electrons. The molecule has 0 spiro atoms. The summed E-state index contributed by atoms with van der Waals surface area (Å²) in [6, 6.07) is 7.86. The van der Waals surface area contributed by atoms with Gasteiger partial charge in [-0.3, -0.25) is 4.79 Å². The van der Waals surface area contributed by atoms with Crippen LogP contribution in [0, 0.1) is 18.3 Å². The summed E-state index contributed by atoms with van der Waals surface area (Å²) in [5.74, 6) is 1.05. The molecule has 0 atom stereocenters. The van der Waals surface area contributed by atoms with E-state index < -0.39 is 0 Å². The van der Waals surface area contributed by atoms with Crippen LogP contribution in [0.3, 0.4) is 0 Å². The van der Waals surface area contributed by atoms with E-state index in [0.717, 1.165) is 53.0 Å². The van der Waals surface area contributed by atoms with Gasteiger partial charge >= 0.3 is 0 Å². The van der Waals surface area contributed by atoms with E-state index in [-0.39, 0.29) is 5.60 Å². The molecular formula is C36H67NO3S. The quantitative estimate of drug-likeness (QED) is 0.276. The Kier molecular flexibility index (Phi) is 30.2. The summed E-state index contributed by atoms with van der Waals surface area (Å²) in [6.45, 7) is 31.0. The third kappa shape index (κ3) is 23.3. The van der Waals surface area contributed by atoms with E-state index in [1.807, 2.05) is 94.4 Å². The summed E-state index contributed by atoms with van der Waals surface area (Å²) in [5, 5.41) is 0. The number of methoxy groups -OCH3 is 1. The maximum atomic E-state index is 11.1. The number of hydrogen-bond acceptors (Lipinski definition) is 5. The van der Waals surface area contributed by atoms with Crippen molar-refractivity contribution in [1.82, 2.24) is 0 Å². The number of rotatable bonds is 5. The van der Waals surface area contributed by atoms with Gasteiger partial charge in [0.2, 0.25) is 0 Å². The van der Waals surface area contributed by atoms with Crippen molar-refractivity contribution < 1.29 is 14.3 Å². The van der Waals surface area contributed by atoms with Gasteiger partial charge in [0.1, 0.15) is 6.29 Å². The predicted octanol–water partition coefficient (Wildman–Crippen LogP) is 11.6. The Balaban J connectivity index is -0.000000247. The van der Waals surface area contributed by atoms with E-state index in [4.69, 9.17) is 10.5 Å². The molecule has 2 N–H and O–H groups in total. The Morgan fingerprint density at radius 2 is 1.41 bits per heavy atom. The maximum absolute atomic E-state index is 11.1. The van der Waals surface area contributed by atoms with Crippen LogP contribution < -0.4 is 5.73 Å². The fourth-order valence-corrected chi connectivity index (χ4v) is 4.26. The number of nitrogens with two attached hydrogens (primary N) is 1. The zero-order chi connectivity index (χ0) is 33.2. The number of ether oxygens (including phenoxy) is 1. The Morgan fingerprint density at radius 1 is 0.951 bits per heavy atom. The molecule has 2 aromatic rings. The van der Waals surface area contributed by atoms with Gasteiger partial charge in [-0.05, 0) is 87.1 Å². The summed E-state index contributed by atoms with van der Waals surface area (Å²) < 4.78 is 4.94. The first-order valence-electron chi connectivity index (χ1n) is 15.7. The molecule has 1 aromatic heterocycles. The molecule has 0 unspecified atom stereocenters. The van der Waals surface area contributed by atoms with E-state index in [9.17, 15) is 9.59 Å². The van der Waals surface area contributed by atoms with Gasteiger partial charge in [-0.2, -0.15) is 0 Å². The first-order valence-corrected chi connectivity index (χ1v) is 16.5. The molecular weight excluding hydrogens is 526 g/mol. The Labute approximate surface area is 259 Å². The van der Waals surface area contributed by atoms with Gasteiger partial charge in [-0.25, -0.2) is 0 Å². The highest BCUT2D eigenvalue weighted by Gasteiger charge is 2.33. The van der Waals surface area contributed by atoms with Crippen LogP contribution in [-0.4, -0.2) is 25.3 Å². The minimum atomic E-state index is 0.0417. The Morgan fingerprint density at radius 3 is 1.68 bits per heavy atom. The highest BCUT2D eigenvalue weighted by Crippen LogP contribution is 2.44. The minimum absolute atomic E-state index is 0.0417. The fourth-order valence-electron chi connectivity index (χ4n) is 3.09. The van der Waals surface area contributed by atoms with Crippen molar-refractivity contribution in [3.05, 3.63) is 40.3 Å². The average Bonchev–Trinajstić information content (AvgIpc) is 3.78. The van der Waals surface area contributed by atoms with Crippen molar-refractivity contribution in [3.63, 3.8) is 0 Å². The molecule has 3 rings (SSSR count). The van der Waals surface area contributed by atoms with Crippen molar-refractivity contribution >= 4 is 29.6 Å². The number of aldehydes is 2. The zero-order valence-corrected chi connectivity index (χ0v) is 30.6. The second-order valence-electron chi connectivity index (χ2n) is 10.9. The highest BCUT2D eigenvalue weighted by molar-refractivity contribution is 7.17. The van der Waals surface area contributed by atoms with Gasteiger partial charge in [-0.15, -0.1) is 11.3 Å². The van der Waals surface area contributed by atoms with Crippen molar-refractivity contribution in [3.8, 4) is 10.4 Å². The number of thiophene rings is 1. The summed E-state index contributed by atoms with van der Waals surface area (Å²) in [4.78, 5) is 22.3. The lowest BCUT2D eigenvalue weighted by Gasteiger charge is -2.15.